The van der Waals surface area contributed by atoms with Crippen LogP contribution in [0.4, 0.5) is 0 Å². The summed E-state index contributed by atoms with van der Waals surface area (Å²) in [5.74, 6) is -2.79. The molecule has 0 bridgehead atoms. The molecular weight excluding hydrogens is 390 g/mol. The quantitative estimate of drug-likeness (QED) is 0.325. The van der Waals surface area contributed by atoms with Gasteiger partial charge in [-0.1, -0.05) is 72.8 Å². The summed E-state index contributed by atoms with van der Waals surface area (Å²) >= 11 is 0. The van der Waals surface area contributed by atoms with Gasteiger partial charge < -0.3 is 21.7 Å². The second-order valence-corrected chi connectivity index (χ2v) is 5.34. The van der Waals surface area contributed by atoms with Gasteiger partial charge in [0.15, 0.2) is 5.96 Å². The Balaban J connectivity index is 0.000000445. The number of hydrogen-bond donors (Lipinski definition) is 5. The third kappa shape index (κ3) is 9.64. The van der Waals surface area contributed by atoms with Gasteiger partial charge in [0.1, 0.15) is 0 Å². The maximum absolute atomic E-state index is 10.5. The first-order valence-corrected chi connectivity index (χ1v) is 8.08. The van der Waals surface area contributed by atoms with E-state index in [-0.39, 0.29) is 30.6 Å². The molecule has 0 aliphatic rings. The van der Waals surface area contributed by atoms with Gasteiger partial charge in [-0.25, -0.2) is 9.59 Å². The minimum atomic E-state index is -1.23. The summed E-state index contributed by atoms with van der Waals surface area (Å²) in [5, 5.41) is 23.2. The molecule has 29 heavy (non-hydrogen) atoms. The summed E-state index contributed by atoms with van der Waals surface area (Å²) in [6, 6.07) is 26.3. The van der Waals surface area contributed by atoms with E-state index in [4.69, 9.17) is 15.6 Å². The van der Waals surface area contributed by atoms with Crippen LogP contribution in [-0.4, -0.2) is 28.1 Å². The minimum absolute atomic E-state index is 0. The molecule has 0 saturated carbocycles. The number of carbonyl (C=O) groups is 2. The third-order valence-electron chi connectivity index (χ3n) is 3.27. The molecule has 0 atom stereocenters. The molecule has 7 nitrogen and oxygen atoms in total. The number of hydrogen-bond acceptors (Lipinski definition) is 3. The summed E-state index contributed by atoms with van der Waals surface area (Å²) in [5.41, 5.74) is 11.1. The van der Waals surface area contributed by atoms with Crippen molar-refractivity contribution in [2.45, 2.75) is 0 Å². The maximum atomic E-state index is 10.5. The molecule has 0 aliphatic heterocycles. The lowest BCUT2D eigenvalue weighted by Gasteiger charge is -1.98. The Morgan fingerprint density at radius 1 is 0.621 bits per heavy atom. The number of aromatic carboxylic acids is 2. The highest BCUT2D eigenvalue weighted by Crippen LogP contribution is 2.17. The van der Waals surface area contributed by atoms with Crippen LogP contribution in [0.2, 0.25) is 0 Å². The van der Waals surface area contributed by atoms with Crippen LogP contribution in [0.1, 0.15) is 20.7 Å². The van der Waals surface area contributed by atoms with E-state index >= 15 is 0 Å². The van der Waals surface area contributed by atoms with Gasteiger partial charge in [0.25, 0.3) is 0 Å². The molecule has 0 amide bonds. The van der Waals surface area contributed by atoms with Crippen LogP contribution in [-0.2, 0) is 0 Å². The first-order chi connectivity index (χ1) is 13.3. The number of nitrogens with two attached hydrogens (primary N) is 2. The van der Waals surface area contributed by atoms with Gasteiger partial charge in [0.2, 0.25) is 0 Å². The molecule has 0 aromatic heterocycles. The Kier molecular flexibility index (Phi) is 11.7. The fraction of sp³-hybridized carbons (Fsp3) is 0. The summed E-state index contributed by atoms with van der Waals surface area (Å²) in [7, 11) is 0. The lowest BCUT2D eigenvalue weighted by molar-refractivity contribution is 0.0651. The van der Waals surface area contributed by atoms with Gasteiger partial charge in [-0.15, -0.1) is 0 Å². The van der Waals surface area contributed by atoms with Crippen molar-refractivity contribution >= 4 is 31.4 Å². The molecular formula is C21H21N3O4S. The molecule has 3 aromatic rings. The Bertz CT molecular complexity index is 845. The Hall–Kier alpha value is -3.78. The molecule has 3 rings (SSSR count). The molecule has 0 fully saturated rings. The predicted octanol–water partition coefficient (Wildman–Crippen LogP) is 3.92. The molecule has 0 unspecified atom stereocenters. The zero-order valence-corrected chi connectivity index (χ0v) is 16.2. The molecule has 0 spiro atoms. The van der Waals surface area contributed by atoms with Crippen LogP contribution in [0.3, 0.4) is 0 Å². The summed E-state index contributed by atoms with van der Waals surface area (Å²) in [6.07, 6.45) is 0. The lowest BCUT2D eigenvalue weighted by atomic mass is 10.1. The number of benzene rings is 3. The zero-order valence-electron chi connectivity index (χ0n) is 15.4. The highest BCUT2D eigenvalue weighted by Gasteiger charge is 2.13. The van der Waals surface area contributed by atoms with E-state index in [1.165, 1.54) is 35.4 Å². The number of rotatable bonds is 3. The first kappa shape index (κ1) is 25.2. The van der Waals surface area contributed by atoms with E-state index in [2.05, 4.69) is 60.0 Å². The van der Waals surface area contributed by atoms with Crippen LogP contribution < -0.4 is 11.5 Å². The average molecular weight is 411 g/mol. The Labute approximate surface area is 175 Å². The maximum Gasteiger partial charge on any atom is 0.336 e. The predicted molar refractivity (Wildman–Crippen MR) is 116 cm³/mol. The number of carboxylic acid groups (broad SMARTS) is 2. The van der Waals surface area contributed by atoms with Crippen molar-refractivity contribution < 1.29 is 19.8 Å². The van der Waals surface area contributed by atoms with Crippen molar-refractivity contribution in [1.29, 1.82) is 5.41 Å². The van der Waals surface area contributed by atoms with Gasteiger partial charge in [0.05, 0.1) is 11.1 Å². The second-order valence-electron chi connectivity index (χ2n) is 5.34. The van der Waals surface area contributed by atoms with Crippen LogP contribution in [0.25, 0.3) is 11.1 Å². The van der Waals surface area contributed by atoms with E-state index in [0.717, 1.165) is 0 Å². The van der Waals surface area contributed by atoms with Crippen LogP contribution in [0.5, 0.6) is 0 Å². The molecule has 150 valence electrons. The van der Waals surface area contributed by atoms with E-state index in [1.807, 2.05) is 12.1 Å². The highest BCUT2D eigenvalue weighted by molar-refractivity contribution is 7.59. The largest absolute Gasteiger partial charge is 0.478 e. The zero-order chi connectivity index (χ0) is 20.9. The Morgan fingerprint density at radius 2 is 0.862 bits per heavy atom. The molecule has 3 aromatic carbocycles. The van der Waals surface area contributed by atoms with Crippen LogP contribution >= 0.6 is 13.5 Å². The highest BCUT2D eigenvalue weighted by atomic mass is 32.1. The molecule has 8 heteroatoms. The standard InChI is InChI=1S/C12H10.C8H6O4.CH5N3.S/c1-3-7-11(8-4-1)12-9-5-2-6-10-12;9-7(10)5-3-1-2-4-6(5)8(11)12;2-1(3)4;/h1-10H;1-4H,(H,9,10)(H,11,12);(H5,2,3,4);. The van der Waals surface area contributed by atoms with Crippen molar-refractivity contribution in [1.82, 2.24) is 0 Å². The molecule has 0 aliphatic carbocycles. The van der Waals surface area contributed by atoms with E-state index in [9.17, 15) is 9.59 Å². The van der Waals surface area contributed by atoms with E-state index in [0.29, 0.717) is 0 Å². The second kappa shape index (κ2) is 13.4. The summed E-state index contributed by atoms with van der Waals surface area (Å²) in [4.78, 5) is 20.9. The summed E-state index contributed by atoms with van der Waals surface area (Å²) in [6.45, 7) is 0. The van der Waals surface area contributed by atoms with Crippen molar-refractivity contribution in [3.8, 4) is 11.1 Å². The SMILES string of the molecule is N=C(N)N.O=C(O)c1ccccc1C(=O)O.[S].c1ccc(-c2ccccc2)cc1. The van der Waals surface area contributed by atoms with Crippen LogP contribution in [0.15, 0.2) is 84.9 Å². The van der Waals surface area contributed by atoms with Gasteiger partial charge in [0, 0.05) is 13.5 Å². The number of nitrogens with one attached hydrogen (secondary N) is 1. The molecule has 2 radical (unpaired) electrons. The molecule has 0 saturated heterocycles. The fourth-order valence-electron chi connectivity index (χ4n) is 2.12. The number of guanidine groups is 1. The van der Waals surface area contributed by atoms with E-state index < -0.39 is 11.9 Å². The first-order valence-electron chi connectivity index (χ1n) is 8.08. The van der Waals surface area contributed by atoms with Crippen molar-refractivity contribution in [2.75, 3.05) is 0 Å². The van der Waals surface area contributed by atoms with Gasteiger partial charge in [-0.05, 0) is 23.3 Å². The van der Waals surface area contributed by atoms with Gasteiger partial charge in [-0.3, -0.25) is 5.41 Å². The minimum Gasteiger partial charge on any atom is -0.478 e. The Morgan fingerprint density at radius 3 is 1.10 bits per heavy atom. The average Bonchev–Trinajstić information content (AvgIpc) is 2.69. The van der Waals surface area contributed by atoms with Crippen LogP contribution in [0, 0.1) is 5.41 Å². The number of carboxylic acids is 2. The third-order valence-corrected chi connectivity index (χ3v) is 3.27. The normalized spacial score (nSPS) is 8.69. The van der Waals surface area contributed by atoms with Gasteiger partial charge >= 0.3 is 11.9 Å². The topological polar surface area (TPSA) is 150 Å². The molecule has 0 heterocycles. The lowest BCUT2D eigenvalue weighted by Crippen LogP contribution is -2.20. The van der Waals surface area contributed by atoms with Crippen molar-refractivity contribution in [3.63, 3.8) is 0 Å². The van der Waals surface area contributed by atoms with Crippen molar-refractivity contribution in [2.24, 2.45) is 11.5 Å². The smallest absolute Gasteiger partial charge is 0.336 e. The monoisotopic (exact) mass is 411 g/mol. The van der Waals surface area contributed by atoms with Crippen molar-refractivity contribution in [3.05, 3.63) is 96.1 Å². The summed E-state index contributed by atoms with van der Waals surface area (Å²) < 4.78 is 0. The van der Waals surface area contributed by atoms with E-state index in [1.54, 1.807) is 0 Å². The van der Waals surface area contributed by atoms with Gasteiger partial charge in [-0.2, -0.15) is 0 Å². The fourth-order valence-corrected chi connectivity index (χ4v) is 2.12. The molecule has 7 N–H and O–H groups in total.